The van der Waals surface area contributed by atoms with Crippen LogP contribution in [-0.4, -0.2) is 40.8 Å². The lowest BCUT2D eigenvalue weighted by Crippen LogP contribution is -2.38. The van der Waals surface area contributed by atoms with Gasteiger partial charge in [0.1, 0.15) is 0 Å². The molecule has 1 spiro atoms. The van der Waals surface area contributed by atoms with E-state index in [9.17, 15) is 4.21 Å². The van der Waals surface area contributed by atoms with Gasteiger partial charge in [-0.1, -0.05) is 0 Å². The first-order chi connectivity index (χ1) is 5.70. The first kappa shape index (κ1) is 8.70. The van der Waals surface area contributed by atoms with Gasteiger partial charge in [0.25, 0.3) is 0 Å². The van der Waals surface area contributed by atoms with E-state index in [1.54, 1.807) is 0 Å². The maximum absolute atomic E-state index is 11.3. The van der Waals surface area contributed by atoms with E-state index in [2.05, 4.69) is 11.9 Å². The molecular weight excluding hydrogens is 170 g/mol. The van der Waals surface area contributed by atoms with Gasteiger partial charge in [-0.3, -0.25) is 4.21 Å². The van der Waals surface area contributed by atoms with Gasteiger partial charge in [-0.15, -0.1) is 0 Å². The highest BCUT2D eigenvalue weighted by Crippen LogP contribution is 2.39. The third-order valence-electron chi connectivity index (χ3n) is 3.37. The third-order valence-corrected chi connectivity index (χ3v) is 4.97. The predicted octanol–water partition coefficient (Wildman–Crippen LogP) is 0.851. The van der Waals surface area contributed by atoms with Crippen LogP contribution >= 0.6 is 0 Å². The zero-order valence-electron chi connectivity index (χ0n) is 7.71. The zero-order chi connectivity index (χ0) is 8.60. The summed E-state index contributed by atoms with van der Waals surface area (Å²) >= 11 is 0. The Morgan fingerprint density at radius 2 is 1.92 bits per heavy atom. The Labute approximate surface area is 76.8 Å². The molecule has 0 aromatic heterocycles. The van der Waals surface area contributed by atoms with Crippen LogP contribution in [0, 0.1) is 5.41 Å². The van der Waals surface area contributed by atoms with E-state index in [4.69, 9.17) is 0 Å². The van der Waals surface area contributed by atoms with Gasteiger partial charge < -0.3 is 4.90 Å². The number of rotatable bonds is 0. The second-order valence-corrected chi connectivity index (χ2v) is 5.92. The fraction of sp³-hybridized carbons (Fsp3) is 1.00. The summed E-state index contributed by atoms with van der Waals surface area (Å²) in [6.45, 7) is 2.41. The molecule has 12 heavy (non-hydrogen) atoms. The van der Waals surface area contributed by atoms with Crippen molar-refractivity contribution in [2.75, 3.05) is 31.6 Å². The van der Waals surface area contributed by atoms with Crippen molar-refractivity contribution in [3.05, 3.63) is 0 Å². The molecule has 2 aliphatic rings. The summed E-state index contributed by atoms with van der Waals surface area (Å²) in [4.78, 5) is 2.38. The monoisotopic (exact) mass is 187 g/mol. The van der Waals surface area contributed by atoms with Gasteiger partial charge in [0.2, 0.25) is 0 Å². The zero-order valence-corrected chi connectivity index (χ0v) is 8.53. The van der Waals surface area contributed by atoms with Crippen molar-refractivity contribution in [1.29, 1.82) is 0 Å². The molecule has 70 valence electrons. The summed E-state index contributed by atoms with van der Waals surface area (Å²) < 4.78 is 11.3. The van der Waals surface area contributed by atoms with Crippen LogP contribution in [0.15, 0.2) is 0 Å². The average Bonchev–Trinajstić information content (AvgIpc) is 2.40. The van der Waals surface area contributed by atoms with Crippen molar-refractivity contribution < 1.29 is 4.21 Å². The first-order valence-electron chi connectivity index (χ1n) is 4.74. The molecular formula is C9H17NOS. The Bertz CT molecular complexity index is 197. The molecule has 2 nitrogen and oxygen atoms in total. The van der Waals surface area contributed by atoms with E-state index in [0.717, 1.165) is 11.5 Å². The third kappa shape index (κ3) is 1.57. The SMILES string of the molecule is CN1CCC2(CC1)CCS(=O)C2. The van der Waals surface area contributed by atoms with Gasteiger partial charge in [0.15, 0.2) is 0 Å². The van der Waals surface area contributed by atoms with Gasteiger partial charge in [-0.2, -0.15) is 0 Å². The molecule has 2 fully saturated rings. The number of nitrogens with zero attached hydrogens (tertiary/aromatic N) is 1. The largest absolute Gasteiger partial charge is 0.306 e. The van der Waals surface area contributed by atoms with Gasteiger partial charge in [0, 0.05) is 22.3 Å². The van der Waals surface area contributed by atoms with Crippen molar-refractivity contribution >= 4 is 10.8 Å². The Morgan fingerprint density at radius 3 is 2.42 bits per heavy atom. The quantitative estimate of drug-likeness (QED) is 0.560. The minimum Gasteiger partial charge on any atom is -0.306 e. The second kappa shape index (κ2) is 3.11. The van der Waals surface area contributed by atoms with E-state index in [-0.39, 0.29) is 0 Å². The lowest BCUT2D eigenvalue weighted by molar-refractivity contribution is 0.146. The normalized spacial score (nSPS) is 35.9. The van der Waals surface area contributed by atoms with Crippen molar-refractivity contribution in [2.24, 2.45) is 5.41 Å². The molecule has 2 saturated heterocycles. The fourth-order valence-corrected chi connectivity index (χ4v) is 4.22. The van der Waals surface area contributed by atoms with E-state index >= 15 is 0 Å². The maximum atomic E-state index is 11.3. The molecule has 0 aromatic rings. The standard InChI is InChI=1S/C9H17NOS/c1-10-5-2-9(3-6-10)4-7-12(11)8-9/h2-8H2,1H3. The van der Waals surface area contributed by atoms with Crippen molar-refractivity contribution in [2.45, 2.75) is 19.3 Å². The van der Waals surface area contributed by atoms with Gasteiger partial charge in [0.05, 0.1) is 0 Å². The molecule has 2 heterocycles. The van der Waals surface area contributed by atoms with Crippen LogP contribution in [-0.2, 0) is 10.8 Å². The maximum Gasteiger partial charge on any atom is 0.0292 e. The summed E-state index contributed by atoms with van der Waals surface area (Å²) in [5, 5.41) is 0. The Hall–Kier alpha value is 0.110. The average molecular weight is 187 g/mol. The van der Waals surface area contributed by atoms with Crippen LogP contribution in [0.1, 0.15) is 19.3 Å². The number of piperidine rings is 1. The fourth-order valence-electron chi connectivity index (χ4n) is 2.30. The molecule has 1 atom stereocenters. The first-order valence-corrected chi connectivity index (χ1v) is 6.23. The van der Waals surface area contributed by atoms with Crippen molar-refractivity contribution in [1.82, 2.24) is 4.90 Å². The molecule has 0 aliphatic carbocycles. The van der Waals surface area contributed by atoms with Crippen LogP contribution in [0.5, 0.6) is 0 Å². The molecule has 2 rings (SSSR count). The molecule has 1 unspecified atom stereocenters. The molecule has 2 aliphatic heterocycles. The molecule has 0 N–H and O–H groups in total. The Kier molecular flexibility index (Phi) is 2.25. The Morgan fingerprint density at radius 1 is 1.25 bits per heavy atom. The van der Waals surface area contributed by atoms with Gasteiger partial charge >= 0.3 is 0 Å². The minimum absolute atomic E-state index is 0.484. The van der Waals surface area contributed by atoms with Crippen LogP contribution < -0.4 is 0 Å². The van der Waals surface area contributed by atoms with Crippen LogP contribution in [0.25, 0.3) is 0 Å². The lowest BCUT2D eigenvalue weighted by Gasteiger charge is -2.36. The number of hydrogen-bond donors (Lipinski definition) is 0. The second-order valence-electron chi connectivity index (χ2n) is 4.34. The van der Waals surface area contributed by atoms with Gasteiger partial charge in [-0.25, -0.2) is 0 Å². The summed E-state index contributed by atoms with van der Waals surface area (Å²) in [5.74, 6) is 1.95. The highest BCUT2D eigenvalue weighted by atomic mass is 32.2. The summed E-state index contributed by atoms with van der Waals surface area (Å²) in [7, 11) is 1.69. The van der Waals surface area contributed by atoms with Crippen LogP contribution in [0.2, 0.25) is 0 Å². The molecule has 0 radical (unpaired) electrons. The number of hydrogen-bond acceptors (Lipinski definition) is 2. The molecule has 3 heteroatoms. The van der Waals surface area contributed by atoms with Crippen LogP contribution in [0.4, 0.5) is 0 Å². The minimum atomic E-state index is -0.489. The predicted molar refractivity (Wildman–Crippen MR) is 51.7 cm³/mol. The lowest BCUT2D eigenvalue weighted by atomic mass is 9.78. The van der Waals surface area contributed by atoms with E-state index < -0.39 is 10.8 Å². The van der Waals surface area contributed by atoms with Gasteiger partial charge in [-0.05, 0) is 44.8 Å². The summed E-state index contributed by atoms with van der Waals surface area (Å²) in [6.07, 6.45) is 3.76. The Balaban J connectivity index is 1.99. The van der Waals surface area contributed by atoms with Crippen molar-refractivity contribution in [3.8, 4) is 0 Å². The summed E-state index contributed by atoms with van der Waals surface area (Å²) in [5.41, 5.74) is 0.484. The smallest absolute Gasteiger partial charge is 0.0292 e. The van der Waals surface area contributed by atoms with E-state index in [0.29, 0.717) is 5.41 Å². The van der Waals surface area contributed by atoms with Crippen molar-refractivity contribution in [3.63, 3.8) is 0 Å². The molecule has 0 bridgehead atoms. The highest BCUT2D eigenvalue weighted by Gasteiger charge is 2.39. The molecule has 0 aromatic carbocycles. The molecule has 0 amide bonds. The van der Waals surface area contributed by atoms with E-state index in [1.165, 1.54) is 32.4 Å². The molecule has 0 saturated carbocycles. The number of likely N-dealkylation sites (tertiary alicyclic amines) is 1. The summed E-state index contributed by atoms with van der Waals surface area (Å²) in [6, 6.07) is 0. The highest BCUT2D eigenvalue weighted by molar-refractivity contribution is 7.85. The topological polar surface area (TPSA) is 20.3 Å². The van der Waals surface area contributed by atoms with Crippen LogP contribution in [0.3, 0.4) is 0 Å². The van der Waals surface area contributed by atoms with E-state index in [1.807, 2.05) is 0 Å².